The van der Waals surface area contributed by atoms with Gasteiger partial charge in [-0.05, 0) is 24.3 Å². The lowest BCUT2D eigenvalue weighted by Crippen LogP contribution is -2.14. The molecule has 1 aromatic heterocycles. The molecule has 0 aliphatic heterocycles. The van der Waals surface area contributed by atoms with E-state index >= 15 is 0 Å². The van der Waals surface area contributed by atoms with Gasteiger partial charge in [-0.3, -0.25) is 9.59 Å². The van der Waals surface area contributed by atoms with Crippen molar-refractivity contribution in [2.24, 2.45) is 0 Å². The molecule has 2 aromatic rings. The number of amides is 2. The minimum Gasteiger partial charge on any atom is -0.321 e. The predicted octanol–water partition coefficient (Wildman–Crippen LogP) is 2.16. The standard InChI is InChI=1S/C15H12N4O2/c1-10(20)18-14-8-11(6-7-17-14)15(21)19-13-5-3-2-4-12(13)9-16/h2-8H,1H3,(H,19,21)(H,17,18,20). The molecule has 2 rings (SSSR count). The van der Waals surface area contributed by atoms with E-state index in [2.05, 4.69) is 15.6 Å². The van der Waals surface area contributed by atoms with Crippen LogP contribution in [0.3, 0.4) is 0 Å². The number of hydrogen-bond acceptors (Lipinski definition) is 4. The predicted molar refractivity (Wildman–Crippen MR) is 77.7 cm³/mol. The van der Waals surface area contributed by atoms with Crippen LogP contribution < -0.4 is 10.6 Å². The van der Waals surface area contributed by atoms with Gasteiger partial charge >= 0.3 is 0 Å². The third-order valence-corrected chi connectivity index (χ3v) is 2.62. The van der Waals surface area contributed by atoms with E-state index in [-0.39, 0.29) is 11.8 Å². The zero-order chi connectivity index (χ0) is 15.2. The Hall–Kier alpha value is -3.20. The van der Waals surface area contributed by atoms with Gasteiger partial charge in [-0.25, -0.2) is 4.98 Å². The molecule has 0 radical (unpaired) electrons. The van der Waals surface area contributed by atoms with Crippen LogP contribution in [0.2, 0.25) is 0 Å². The van der Waals surface area contributed by atoms with E-state index in [0.717, 1.165) is 0 Å². The van der Waals surface area contributed by atoms with E-state index < -0.39 is 0 Å². The van der Waals surface area contributed by atoms with E-state index in [1.54, 1.807) is 24.3 Å². The molecular formula is C15H12N4O2. The van der Waals surface area contributed by atoms with Gasteiger partial charge in [-0.1, -0.05) is 12.1 Å². The van der Waals surface area contributed by atoms with Crippen molar-refractivity contribution in [3.8, 4) is 6.07 Å². The lowest BCUT2D eigenvalue weighted by atomic mass is 10.2. The van der Waals surface area contributed by atoms with E-state index in [0.29, 0.717) is 22.6 Å². The van der Waals surface area contributed by atoms with Crippen LogP contribution in [-0.2, 0) is 4.79 Å². The smallest absolute Gasteiger partial charge is 0.255 e. The molecule has 0 bridgehead atoms. The number of carbonyl (C=O) groups excluding carboxylic acids is 2. The molecule has 104 valence electrons. The van der Waals surface area contributed by atoms with E-state index in [1.807, 2.05) is 6.07 Å². The fraction of sp³-hybridized carbons (Fsp3) is 0.0667. The second-order valence-electron chi connectivity index (χ2n) is 4.22. The molecule has 6 nitrogen and oxygen atoms in total. The van der Waals surface area contributed by atoms with Gasteiger partial charge in [0.15, 0.2) is 0 Å². The number of nitrogens with zero attached hydrogens (tertiary/aromatic N) is 2. The molecule has 2 amide bonds. The molecule has 0 saturated heterocycles. The van der Waals surface area contributed by atoms with Gasteiger partial charge in [0.1, 0.15) is 11.9 Å². The Kier molecular flexibility index (Phi) is 4.26. The van der Waals surface area contributed by atoms with Crippen molar-refractivity contribution in [3.05, 3.63) is 53.7 Å². The first-order chi connectivity index (χ1) is 10.1. The Morgan fingerprint density at radius 2 is 1.95 bits per heavy atom. The van der Waals surface area contributed by atoms with Gasteiger partial charge in [-0.15, -0.1) is 0 Å². The SMILES string of the molecule is CC(=O)Nc1cc(C(=O)Nc2ccccc2C#N)ccn1. The van der Waals surface area contributed by atoms with Gasteiger partial charge in [0.25, 0.3) is 5.91 Å². The molecule has 0 saturated carbocycles. The number of nitrogens with one attached hydrogen (secondary N) is 2. The van der Waals surface area contributed by atoms with Crippen LogP contribution in [0.25, 0.3) is 0 Å². The van der Waals surface area contributed by atoms with Gasteiger partial charge in [0.2, 0.25) is 5.91 Å². The summed E-state index contributed by atoms with van der Waals surface area (Å²) in [6.07, 6.45) is 1.43. The van der Waals surface area contributed by atoms with Crippen LogP contribution in [0.4, 0.5) is 11.5 Å². The molecular weight excluding hydrogens is 268 g/mol. The minimum absolute atomic E-state index is 0.269. The fourth-order valence-electron chi connectivity index (χ4n) is 1.70. The Bertz CT molecular complexity index is 734. The maximum atomic E-state index is 12.2. The molecule has 0 aliphatic carbocycles. The van der Waals surface area contributed by atoms with Crippen LogP contribution in [-0.4, -0.2) is 16.8 Å². The third-order valence-electron chi connectivity index (χ3n) is 2.62. The lowest BCUT2D eigenvalue weighted by molar-refractivity contribution is -0.114. The Morgan fingerprint density at radius 3 is 2.67 bits per heavy atom. The average molecular weight is 280 g/mol. The van der Waals surface area contributed by atoms with Crippen LogP contribution in [0.1, 0.15) is 22.8 Å². The lowest BCUT2D eigenvalue weighted by Gasteiger charge is -2.08. The quantitative estimate of drug-likeness (QED) is 0.900. The maximum absolute atomic E-state index is 12.2. The highest BCUT2D eigenvalue weighted by Gasteiger charge is 2.10. The summed E-state index contributed by atoms with van der Waals surface area (Å²) in [5.41, 5.74) is 1.14. The number of hydrogen-bond donors (Lipinski definition) is 2. The normalized spacial score (nSPS) is 9.52. The Morgan fingerprint density at radius 1 is 1.19 bits per heavy atom. The molecule has 21 heavy (non-hydrogen) atoms. The number of para-hydroxylation sites is 1. The molecule has 0 fully saturated rings. The molecule has 2 N–H and O–H groups in total. The molecule has 0 aliphatic rings. The minimum atomic E-state index is -0.383. The van der Waals surface area contributed by atoms with Crippen LogP contribution in [0.5, 0.6) is 0 Å². The van der Waals surface area contributed by atoms with Crippen molar-refractivity contribution < 1.29 is 9.59 Å². The van der Waals surface area contributed by atoms with Crippen molar-refractivity contribution in [2.75, 3.05) is 10.6 Å². The number of carbonyl (C=O) groups is 2. The first kappa shape index (κ1) is 14.2. The number of pyridine rings is 1. The largest absolute Gasteiger partial charge is 0.321 e. The van der Waals surface area contributed by atoms with Crippen LogP contribution >= 0.6 is 0 Å². The molecule has 0 atom stereocenters. The van der Waals surface area contributed by atoms with Crippen molar-refractivity contribution in [3.63, 3.8) is 0 Å². The van der Waals surface area contributed by atoms with E-state index in [9.17, 15) is 9.59 Å². The highest BCUT2D eigenvalue weighted by atomic mass is 16.2. The second kappa shape index (κ2) is 6.30. The van der Waals surface area contributed by atoms with Gasteiger partial charge in [0.05, 0.1) is 11.3 Å². The summed E-state index contributed by atoms with van der Waals surface area (Å²) in [4.78, 5) is 27.1. The summed E-state index contributed by atoms with van der Waals surface area (Å²) in [5.74, 6) is -0.356. The number of anilines is 2. The fourth-order valence-corrected chi connectivity index (χ4v) is 1.70. The molecule has 0 unspecified atom stereocenters. The number of benzene rings is 1. The topological polar surface area (TPSA) is 94.9 Å². The van der Waals surface area contributed by atoms with Crippen molar-refractivity contribution in [1.29, 1.82) is 5.26 Å². The number of aromatic nitrogens is 1. The van der Waals surface area contributed by atoms with Gasteiger partial charge in [0, 0.05) is 18.7 Å². The van der Waals surface area contributed by atoms with E-state index in [1.165, 1.54) is 25.3 Å². The maximum Gasteiger partial charge on any atom is 0.255 e. The summed E-state index contributed by atoms with van der Waals surface area (Å²) in [5, 5.41) is 14.1. The van der Waals surface area contributed by atoms with Gasteiger partial charge in [-0.2, -0.15) is 5.26 Å². The molecule has 1 aromatic carbocycles. The summed E-state index contributed by atoms with van der Waals surface area (Å²) in [6.45, 7) is 1.36. The average Bonchev–Trinajstić information content (AvgIpc) is 2.47. The van der Waals surface area contributed by atoms with Crippen molar-refractivity contribution in [1.82, 2.24) is 4.98 Å². The first-order valence-corrected chi connectivity index (χ1v) is 6.14. The zero-order valence-electron chi connectivity index (χ0n) is 11.3. The third kappa shape index (κ3) is 3.64. The van der Waals surface area contributed by atoms with Crippen molar-refractivity contribution in [2.45, 2.75) is 6.92 Å². The van der Waals surface area contributed by atoms with Crippen molar-refractivity contribution >= 4 is 23.3 Å². The Balaban J connectivity index is 2.21. The highest BCUT2D eigenvalue weighted by Crippen LogP contribution is 2.15. The zero-order valence-corrected chi connectivity index (χ0v) is 11.3. The van der Waals surface area contributed by atoms with Crippen LogP contribution in [0, 0.1) is 11.3 Å². The first-order valence-electron chi connectivity index (χ1n) is 6.14. The Labute approximate surface area is 121 Å². The summed E-state index contributed by atoms with van der Waals surface area (Å²) < 4.78 is 0. The molecule has 1 heterocycles. The summed E-state index contributed by atoms with van der Waals surface area (Å²) in [6, 6.07) is 11.7. The molecule has 6 heteroatoms. The summed E-state index contributed by atoms with van der Waals surface area (Å²) >= 11 is 0. The highest BCUT2D eigenvalue weighted by molar-refractivity contribution is 6.05. The number of nitriles is 1. The molecule has 0 spiro atoms. The van der Waals surface area contributed by atoms with E-state index in [4.69, 9.17) is 5.26 Å². The van der Waals surface area contributed by atoms with Gasteiger partial charge < -0.3 is 10.6 Å². The second-order valence-corrected chi connectivity index (χ2v) is 4.22. The monoisotopic (exact) mass is 280 g/mol. The van der Waals surface area contributed by atoms with Crippen LogP contribution in [0.15, 0.2) is 42.6 Å². The summed E-state index contributed by atoms with van der Waals surface area (Å²) in [7, 11) is 0. The number of rotatable bonds is 3.